The summed E-state index contributed by atoms with van der Waals surface area (Å²) < 4.78 is 59.9. The molecule has 0 bridgehead atoms. The molecule has 1 aliphatic heterocycles. The lowest BCUT2D eigenvalue weighted by Gasteiger charge is -2.30. The molecule has 0 spiro atoms. The Hall–Kier alpha value is -4.36. The van der Waals surface area contributed by atoms with Gasteiger partial charge < -0.3 is 15.2 Å². The summed E-state index contributed by atoms with van der Waals surface area (Å²) in [6.07, 6.45) is -3.40. The maximum absolute atomic E-state index is 13.6. The second-order valence-corrected chi connectivity index (χ2v) is 10.4. The zero-order valence-electron chi connectivity index (χ0n) is 20.2. The highest BCUT2D eigenvalue weighted by Crippen LogP contribution is 2.27. The van der Waals surface area contributed by atoms with E-state index < -0.39 is 58.3 Å². The lowest BCUT2D eigenvalue weighted by Crippen LogP contribution is -2.54. The van der Waals surface area contributed by atoms with Gasteiger partial charge in [0, 0.05) is 13.1 Å². The van der Waals surface area contributed by atoms with Gasteiger partial charge in [0.1, 0.15) is 17.4 Å². The van der Waals surface area contributed by atoms with Crippen molar-refractivity contribution in [2.75, 3.05) is 13.1 Å². The number of amides is 2. The minimum Gasteiger partial charge on any atom is -0.481 e. The van der Waals surface area contributed by atoms with E-state index >= 15 is 0 Å². The van der Waals surface area contributed by atoms with Crippen LogP contribution in [0, 0.1) is 11.6 Å². The van der Waals surface area contributed by atoms with Crippen LogP contribution in [0.3, 0.4) is 0 Å². The molecule has 3 aromatic rings. The number of ether oxygens (including phenoxy) is 1. The van der Waals surface area contributed by atoms with E-state index in [9.17, 15) is 36.7 Å². The maximum atomic E-state index is 13.6. The van der Waals surface area contributed by atoms with Gasteiger partial charge in [0.05, 0.1) is 17.4 Å². The van der Waals surface area contributed by atoms with Crippen LogP contribution < -0.4 is 10.1 Å². The standard InChI is InChI=1S/C26H23F2N3O7S/c27-18-8-6-17(7-9-18)22(16-23(32)33)29-24(34)25-30(26(35)38-20-4-2-1-3-5-20)14-15-31(25)39(36,37)21-12-10-19(28)11-13-21/h1-13,22,25H,14-16H2,(H,29,34)(H,32,33). The van der Waals surface area contributed by atoms with E-state index in [-0.39, 0.29) is 29.3 Å². The first-order chi connectivity index (χ1) is 18.6. The first-order valence-electron chi connectivity index (χ1n) is 11.6. The molecule has 1 heterocycles. The van der Waals surface area contributed by atoms with Gasteiger partial charge in [0.2, 0.25) is 10.0 Å². The molecule has 3 aromatic carbocycles. The summed E-state index contributed by atoms with van der Waals surface area (Å²) in [6.45, 7) is -0.536. The Labute approximate surface area is 222 Å². The van der Waals surface area contributed by atoms with Crippen LogP contribution in [-0.2, 0) is 19.6 Å². The third-order valence-electron chi connectivity index (χ3n) is 5.93. The van der Waals surface area contributed by atoms with Gasteiger partial charge in [-0.25, -0.2) is 22.0 Å². The number of nitrogens with zero attached hydrogens (tertiary/aromatic N) is 2. The molecule has 2 amide bonds. The van der Waals surface area contributed by atoms with Crippen molar-refractivity contribution in [3.8, 4) is 5.75 Å². The van der Waals surface area contributed by atoms with Crippen LogP contribution >= 0.6 is 0 Å². The highest BCUT2D eigenvalue weighted by molar-refractivity contribution is 7.89. The van der Waals surface area contributed by atoms with Crippen LogP contribution in [-0.4, -0.2) is 60.0 Å². The molecular weight excluding hydrogens is 536 g/mol. The quantitative estimate of drug-likeness (QED) is 0.433. The molecule has 13 heteroatoms. The zero-order valence-corrected chi connectivity index (χ0v) is 21.1. The van der Waals surface area contributed by atoms with E-state index in [0.717, 1.165) is 45.6 Å². The summed E-state index contributed by atoms with van der Waals surface area (Å²) in [6, 6.07) is 15.4. The minimum atomic E-state index is -4.43. The third kappa shape index (κ3) is 6.38. The fourth-order valence-corrected chi connectivity index (χ4v) is 5.62. The van der Waals surface area contributed by atoms with Gasteiger partial charge >= 0.3 is 12.1 Å². The molecule has 4 rings (SSSR count). The summed E-state index contributed by atoms with van der Waals surface area (Å²) >= 11 is 0. The summed E-state index contributed by atoms with van der Waals surface area (Å²) in [7, 11) is -4.43. The number of carbonyl (C=O) groups excluding carboxylic acids is 2. The van der Waals surface area contributed by atoms with Crippen molar-refractivity contribution in [1.82, 2.24) is 14.5 Å². The normalized spacial score (nSPS) is 16.5. The molecule has 2 N–H and O–H groups in total. The molecule has 1 aliphatic rings. The molecule has 204 valence electrons. The highest BCUT2D eigenvalue weighted by atomic mass is 32.2. The Kier molecular flexibility index (Phi) is 8.21. The number of rotatable bonds is 8. The number of halogens is 2. The minimum absolute atomic E-state index is 0.150. The van der Waals surface area contributed by atoms with Crippen molar-refractivity contribution in [3.63, 3.8) is 0 Å². The Bertz CT molecular complexity index is 1450. The number of aliphatic carboxylic acids is 1. The van der Waals surface area contributed by atoms with E-state index in [4.69, 9.17) is 4.74 Å². The van der Waals surface area contributed by atoms with Gasteiger partial charge in [-0.15, -0.1) is 0 Å². The first-order valence-corrected chi connectivity index (χ1v) is 13.1. The fraction of sp³-hybridized carbons (Fsp3) is 0.192. The van der Waals surface area contributed by atoms with Crippen molar-refractivity contribution in [1.29, 1.82) is 0 Å². The van der Waals surface area contributed by atoms with Crippen LogP contribution in [0.25, 0.3) is 0 Å². The highest BCUT2D eigenvalue weighted by Gasteiger charge is 2.47. The van der Waals surface area contributed by atoms with Crippen molar-refractivity contribution in [2.24, 2.45) is 0 Å². The monoisotopic (exact) mass is 559 g/mol. The second kappa shape index (κ2) is 11.6. The molecule has 1 fully saturated rings. The van der Waals surface area contributed by atoms with Crippen molar-refractivity contribution in [3.05, 3.63) is 96.1 Å². The van der Waals surface area contributed by atoms with Crippen LogP contribution in [0.15, 0.2) is 83.8 Å². The Morgan fingerprint density at radius 3 is 2.10 bits per heavy atom. The molecule has 0 radical (unpaired) electrons. The number of carboxylic acid groups (broad SMARTS) is 1. The average molecular weight is 560 g/mol. The van der Waals surface area contributed by atoms with Gasteiger partial charge in [-0.05, 0) is 54.1 Å². The lowest BCUT2D eigenvalue weighted by molar-refractivity contribution is -0.138. The largest absolute Gasteiger partial charge is 0.481 e. The Morgan fingerprint density at radius 1 is 0.923 bits per heavy atom. The summed E-state index contributed by atoms with van der Waals surface area (Å²) in [5.41, 5.74) is 0.247. The van der Waals surface area contributed by atoms with Gasteiger partial charge in [-0.3, -0.25) is 14.5 Å². The van der Waals surface area contributed by atoms with Gasteiger partial charge in [-0.2, -0.15) is 4.31 Å². The molecular formula is C26H23F2N3O7S. The molecule has 2 atom stereocenters. The summed E-state index contributed by atoms with van der Waals surface area (Å²) in [5.74, 6) is -3.41. The predicted molar refractivity (Wildman–Crippen MR) is 133 cm³/mol. The number of para-hydroxylation sites is 1. The maximum Gasteiger partial charge on any atom is 0.417 e. The Balaban J connectivity index is 1.68. The molecule has 0 saturated carbocycles. The molecule has 1 saturated heterocycles. The number of carbonyl (C=O) groups is 3. The van der Waals surface area contributed by atoms with E-state index in [1.165, 1.54) is 24.3 Å². The SMILES string of the molecule is O=C(O)CC(NC(=O)C1N(C(=O)Oc2ccccc2)CCN1S(=O)(=O)c1ccc(F)cc1)c1ccc(F)cc1. The van der Waals surface area contributed by atoms with Gasteiger partial charge in [-0.1, -0.05) is 30.3 Å². The average Bonchev–Trinajstić information content (AvgIpc) is 3.36. The summed E-state index contributed by atoms with van der Waals surface area (Å²) in [5, 5.41) is 11.9. The number of nitrogens with one attached hydrogen (secondary N) is 1. The first kappa shape index (κ1) is 27.7. The van der Waals surface area contributed by atoms with E-state index in [1.54, 1.807) is 18.2 Å². The van der Waals surface area contributed by atoms with Crippen molar-refractivity contribution < 1.29 is 41.4 Å². The lowest BCUT2D eigenvalue weighted by atomic mass is 10.0. The third-order valence-corrected chi connectivity index (χ3v) is 7.80. The van der Waals surface area contributed by atoms with Crippen LogP contribution in [0.4, 0.5) is 13.6 Å². The number of benzene rings is 3. The molecule has 0 aliphatic carbocycles. The zero-order chi connectivity index (χ0) is 28.2. The molecule has 39 heavy (non-hydrogen) atoms. The van der Waals surface area contributed by atoms with Crippen molar-refractivity contribution in [2.45, 2.75) is 23.5 Å². The molecule has 10 nitrogen and oxygen atoms in total. The number of sulfonamides is 1. The van der Waals surface area contributed by atoms with Crippen LogP contribution in [0.2, 0.25) is 0 Å². The number of hydrogen-bond acceptors (Lipinski definition) is 6. The second-order valence-electron chi connectivity index (χ2n) is 8.53. The Morgan fingerprint density at radius 2 is 1.51 bits per heavy atom. The van der Waals surface area contributed by atoms with E-state index in [0.29, 0.717) is 0 Å². The summed E-state index contributed by atoms with van der Waals surface area (Å²) in [4.78, 5) is 38.8. The smallest absolute Gasteiger partial charge is 0.417 e. The predicted octanol–water partition coefficient (Wildman–Crippen LogP) is 3.13. The van der Waals surface area contributed by atoms with E-state index in [2.05, 4.69) is 5.32 Å². The topological polar surface area (TPSA) is 133 Å². The fourth-order valence-electron chi connectivity index (χ4n) is 4.08. The molecule has 0 aromatic heterocycles. The number of hydrogen-bond donors (Lipinski definition) is 2. The molecule has 2 unspecified atom stereocenters. The van der Waals surface area contributed by atoms with Gasteiger partial charge in [0.25, 0.3) is 5.91 Å². The van der Waals surface area contributed by atoms with Crippen LogP contribution in [0.1, 0.15) is 18.0 Å². The van der Waals surface area contributed by atoms with Gasteiger partial charge in [0.15, 0.2) is 6.17 Å². The van der Waals surface area contributed by atoms with E-state index in [1.807, 2.05) is 0 Å². The van der Waals surface area contributed by atoms with Crippen LogP contribution in [0.5, 0.6) is 5.75 Å². The van der Waals surface area contributed by atoms with Crippen molar-refractivity contribution >= 4 is 28.0 Å². The number of carboxylic acids is 1.